The first-order valence-corrected chi connectivity index (χ1v) is 10.3. The molecule has 1 saturated heterocycles. The van der Waals surface area contributed by atoms with Gasteiger partial charge in [-0.15, -0.1) is 0 Å². The third-order valence-corrected chi connectivity index (χ3v) is 6.08. The molecule has 0 N–H and O–H groups in total. The van der Waals surface area contributed by atoms with Gasteiger partial charge >= 0.3 is 0 Å². The second kappa shape index (κ2) is 8.30. The van der Waals surface area contributed by atoms with Crippen LogP contribution in [0.4, 0.5) is 0 Å². The minimum atomic E-state index is 0.00472. The Morgan fingerprint density at radius 2 is 1.69 bits per heavy atom. The number of carbonyl (C=O) groups is 1. The van der Waals surface area contributed by atoms with Gasteiger partial charge in [0.15, 0.2) is 0 Å². The molecule has 0 bridgehead atoms. The first-order chi connectivity index (χ1) is 14.1. The molecule has 3 aromatic rings. The standard InChI is InChI=1S/C25H24ClNO2/c1-17-15-16-27(24(17)21-8-3-5-9-22(21)26)25(28)19-13-11-18(12-14-19)20-7-4-6-10-23(20)29-2/h3-14,17,24H,15-16H2,1-2H3. The second-order valence-electron chi connectivity index (χ2n) is 7.51. The quantitative estimate of drug-likeness (QED) is 0.514. The zero-order chi connectivity index (χ0) is 20.4. The van der Waals surface area contributed by atoms with Crippen LogP contribution in [0.3, 0.4) is 0 Å². The first kappa shape index (κ1) is 19.5. The van der Waals surface area contributed by atoms with Crippen LogP contribution in [0.15, 0.2) is 72.8 Å². The molecule has 0 saturated carbocycles. The summed E-state index contributed by atoms with van der Waals surface area (Å²) < 4.78 is 5.46. The SMILES string of the molecule is COc1ccccc1-c1ccc(C(=O)N2CCC(C)C2c2ccccc2Cl)cc1. The zero-order valence-electron chi connectivity index (χ0n) is 16.6. The van der Waals surface area contributed by atoms with E-state index in [-0.39, 0.29) is 11.9 Å². The Morgan fingerprint density at radius 3 is 2.41 bits per heavy atom. The number of nitrogens with zero attached hydrogens (tertiary/aromatic N) is 1. The van der Waals surface area contributed by atoms with Crippen molar-refractivity contribution < 1.29 is 9.53 Å². The second-order valence-corrected chi connectivity index (χ2v) is 7.92. The molecule has 2 atom stereocenters. The average Bonchev–Trinajstić information content (AvgIpc) is 3.15. The predicted octanol–water partition coefficient (Wildman–Crippen LogP) is 6.24. The molecule has 1 aliphatic heterocycles. The number of methoxy groups -OCH3 is 1. The van der Waals surface area contributed by atoms with Crippen molar-refractivity contribution in [2.45, 2.75) is 19.4 Å². The Hall–Kier alpha value is -2.78. The Labute approximate surface area is 176 Å². The van der Waals surface area contributed by atoms with Crippen molar-refractivity contribution >= 4 is 17.5 Å². The summed E-state index contributed by atoms with van der Waals surface area (Å²) in [5, 5.41) is 0.718. The molecule has 0 spiro atoms. The fourth-order valence-electron chi connectivity index (χ4n) is 4.21. The lowest BCUT2D eigenvalue weighted by atomic mass is 9.95. The van der Waals surface area contributed by atoms with E-state index >= 15 is 0 Å². The molecule has 4 heteroatoms. The van der Waals surface area contributed by atoms with E-state index in [2.05, 4.69) is 6.92 Å². The van der Waals surface area contributed by atoms with E-state index in [1.54, 1.807) is 7.11 Å². The Balaban J connectivity index is 1.62. The molecule has 1 amide bonds. The highest BCUT2D eigenvalue weighted by atomic mass is 35.5. The summed E-state index contributed by atoms with van der Waals surface area (Å²) in [6.45, 7) is 2.93. The maximum absolute atomic E-state index is 13.3. The average molecular weight is 406 g/mol. The molecular formula is C25H24ClNO2. The van der Waals surface area contributed by atoms with Crippen LogP contribution in [0.5, 0.6) is 5.75 Å². The van der Waals surface area contributed by atoms with Crippen LogP contribution in [-0.2, 0) is 0 Å². The van der Waals surface area contributed by atoms with Gasteiger partial charge < -0.3 is 9.64 Å². The number of benzene rings is 3. The van der Waals surface area contributed by atoms with Crippen molar-refractivity contribution in [3.8, 4) is 16.9 Å². The largest absolute Gasteiger partial charge is 0.496 e. The first-order valence-electron chi connectivity index (χ1n) is 9.89. The lowest BCUT2D eigenvalue weighted by Crippen LogP contribution is -2.32. The Bertz CT molecular complexity index is 1020. The van der Waals surface area contributed by atoms with Crippen LogP contribution in [0.25, 0.3) is 11.1 Å². The van der Waals surface area contributed by atoms with Gasteiger partial charge in [0, 0.05) is 22.7 Å². The van der Waals surface area contributed by atoms with E-state index in [0.717, 1.165) is 40.4 Å². The molecule has 3 nitrogen and oxygen atoms in total. The predicted molar refractivity (Wildman–Crippen MR) is 117 cm³/mol. The van der Waals surface area contributed by atoms with Gasteiger partial charge in [0.05, 0.1) is 13.2 Å². The number of carbonyl (C=O) groups excluding carboxylic acids is 1. The monoisotopic (exact) mass is 405 g/mol. The van der Waals surface area contributed by atoms with Crippen molar-refractivity contribution in [2.24, 2.45) is 5.92 Å². The maximum Gasteiger partial charge on any atom is 0.254 e. The molecule has 0 radical (unpaired) electrons. The number of hydrogen-bond acceptors (Lipinski definition) is 2. The van der Waals surface area contributed by atoms with E-state index in [0.29, 0.717) is 11.5 Å². The summed E-state index contributed by atoms with van der Waals surface area (Å²) in [5.74, 6) is 1.23. The molecule has 0 aliphatic carbocycles. The number of ether oxygens (including phenoxy) is 1. The summed E-state index contributed by atoms with van der Waals surface area (Å²) in [7, 11) is 1.67. The fraction of sp³-hybridized carbons (Fsp3) is 0.240. The number of hydrogen-bond donors (Lipinski definition) is 0. The van der Waals surface area contributed by atoms with Gasteiger partial charge in [-0.05, 0) is 47.7 Å². The van der Waals surface area contributed by atoms with Crippen LogP contribution in [0.1, 0.15) is 35.3 Å². The highest BCUT2D eigenvalue weighted by Gasteiger charge is 2.36. The van der Waals surface area contributed by atoms with Gasteiger partial charge in [-0.25, -0.2) is 0 Å². The molecule has 2 unspecified atom stereocenters. The van der Waals surface area contributed by atoms with Gasteiger partial charge in [-0.1, -0.05) is 67.1 Å². The molecule has 1 aliphatic rings. The highest BCUT2D eigenvalue weighted by Crippen LogP contribution is 2.40. The fourth-order valence-corrected chi connectivity index (χ4v) is 4.45. The molecular weight excluding hydrogens is 382 g/mol. The molecule has 148 valence electrons. The molecule has 0 aromatic heterocycles. The molecule has 1 fully saturated rings. The number of likely N-dealkylation sites (tertiary alicyclic amines) is 1. The smallest absolute Gasteiger partial charge is 0.254 e. The van der Waals surface area contributed by atoms with Crippen molar-refractivity contribution in [1.82, 2.24) is 4.90 Å². The third-order valence-electron chi connectivity index (χ3n) is 5.73. The summed E-state index contributed by atoms with van der Waals surface area (Å²) >= 11 is 6.45. The van der Waals surface area contributed by atoms with Crippen molar-refractivity contribution in [2.75, 3.05) is 13.7 Å². The van der Waals surface area contributed by atoms with Gasteiger partial charge in [-0.2, -0.15) is 0 Å². The summed E-state index contributed by atoms with van der Waals surface area (Å²) in [6.07, 6.45) is 0.973. The Kier molecular flexibility index (Phi) is 5.59. The van der Waals surface area contributed by atoms with Gasteiger partial charge in [0.1, 0.15) is 5.75 Å². The summed E-state index contributed by atoms with van der Waals surface area (Å²) in [5.41, 5.74) is 3.75. The van der Waals surface area contributed by atoms with Crippen LogP contribution in [0.2, 0.25) is 5.02 Å². The van der Waals surface area contributed by atoms with Crippen LogP contribution < -0.4 is 4.74 Å². The van der Waals surface area contributed by atoms with Gasteiger partial charge in [-0.3, -0.25) is 4.79 Å². The van der Waals surface area contributed by atoms with E-state index in [1.807, 2.05) is 77.7 Å². The minimum Gasteiger partial charge on any atom is -0.496 e. The molecule has 1 heterocycles. The summed E-state index contributed by atoms with van der Waals surface area (Å²) in [4.78, 5) is 15.3. The molecule has 29 heavy (non-hydrogen) atoms. The third kappa shape index (κ3) is 3.75. The van der Waals surface area contributed by atoms with E-state index in [9.17, 15) is 4.79 Å². The number of halogens is 1. The van der Waals surface area contributed by atoms with Gasteiger partial charge in [0.25, 0.3) is 5.91 Å². The van der Waals surface area contributed by atoms with Crippen LogP contribution in [0, 0.1) is 5.92 Å². The zero-order valence-corrected chi connectivity index (χ0v) is 17.4. The molecule has 3 aromatic carbocycles. The van der Waals surface area contributed by atoms with E-state index in [4.69, 9.17) is 16.3 Å². The van der Waals surface area contributed by atoms with Gasteiger partial charge in [0.2, 0.25) is 0 Å². The topological polar surface area (TPSA) is 29.5 Å². The van der Waals surface area contributed by atoms with Crippen molar-refractivity contribution in [1.29, 1.82) is 0 Å². The van der Waals surface area contributed by atoms with E-state index in [1.165, 1.54) is 0 Å². The lowest BCUT2D eigenvalue weighted by molar-refractivity contribution is 0.0720. The molecule has 4 rings (SSSR count). The lowest BCUT2D eigenvalue weighted by Gasteiger charge is -2.28. The van der Waals surface area contributed by atoms with E-state index < -0.39 is 0 Å². The van der Waals surface area contributed by atoms with Crippen molar-refractivity contribution in [3.05, 3.63) is 88.9 Å². The Morgan fingerprint density at radius 1 is 1.00 bits per heavy atom. The number of amides is 1. The van der Waals surface area contributed by atoms with Crippen LogP contribution in [-0.4, -0.2) is 24.5 Å². The normalized spacial score (nSPS) is 18.7. The number of para-hydroxylation sites is 1. The minimum absolute atomic E-state index is 0.00472. The maximum atomic E-state index is 13.3. The van der Waals surface area contributed by atoms with Crippen LogP contribution >= 0.6 is 11.6 Å². The summed E-state index contributed by atoms with van der Waals surface area (Å²) in [6, 6.07) is 23.5. The highest BCUT2D eigenvalue weighted by molar-refractivity contribution is 6.31. The van der Waals surface area contributed by atoms with Crippen molar-refractivity contribution in [3.63, 3.8) is 0 Å². The number of rotatable bonds is 4.